The van der Waals surface area contributed by atoms with Gasteiger partial charge < -0.3 is 31.5 Å². The monoisotopic (exact) mass is 644 g/mol. The van der Waals surface area contributed by atoms with Crippen LogP contribution in [0.1, 0.15) is 24.9 Å². The summed E-state index contributed by atoms with van der Waals surface area (Å²) in [5, 5.41) is 30.7. The number of rotatable bonds is 12. The van der Waals surface area contributed by atoms with Gasteiger partial charge in [-0.1, -0.05) is 48.5 Å². The van der Waals surface area contributed by atoms with Crippen molar-refractivity contribution in [3.8, 4) is 5.75 Å². The second kappa shape index (κ2) is 14.0. The Kier molecular flexibility index (Phi) is 9.70. The summed E-state index contributed by atoms with van der Waals surface area (Å²) in [6, 6.07) is 22.0. The maximum atomic E-state index is 13.5. The number of carboxylic acids is 1. The minimum Gasteiger partial charge on any atom is -0.508 e. The molecule has 0 fully saturated rings. The fraction of sp³-hybridized carbons (Fsp3) is 0.156. The average molecular weight is 645 g/mol. The summed E-state index contributed by atoms with van der Waals surface area (Å²) >= 11 is 2.50. The van der Waals surface area contributed by atoms with E-state index in [4.69, 9.17) is 5.11 Å². The molecule has 5 rings (SSSR count). The van der Waals surface area contributed by atoms with Gasteiger partial charge in [0.1, 0.15) is 24.4 Å². The molecule has 0 aliphatic carbocycles. The van der Waals surface area contributed by atoms with Crippen molar-refractivity contribution < 1.29 is 34.2 Å². The highest BCUT2D eigenvalue weighted by molar-refractivity contribution is 7.21. The van der Waals surface area contributed by atoms with Crippen molar-refractivity contribution in [2.75, 3.05) is 13.1 Å². The van der Waals surface area contributed by atoms with E-state index in [-0.39, 0.29) is 18.7 Å². The van der Waals surface area contributed by atoms with E-state index < -0.39 is 48.2 Å². The maximum Gasteiger partial charge on any atom is 0.322 e. The molecule has 3 aromatic carbocycles. The fourth-order valence-corrected chi connectivity index (χ4v) is 6.48. The lowest BCUT2D eigenvalue weighted by atomic mass is 10.0. The normalized spacial score (nSPS) is 12.3. The molecule has 0 aliphatic heterocycles. The number of hydrogen-bond acceptors (Lipinski definition) is 8. The van der Waals surface area contributed by atoms with E-state index in [1.165, 1.54) is 34.8 Å². The van der Waals surface area contributed by atoms with Crippen molar-refractivity contribution >= 4 is 72.4 Å². The van der Waals surface area contributed by atoms with Crippen LogP contribution in [0.2, 0.25) is 0 Å². The van der Waals surface area contributed by atoms with E-state index in [1.807, 2.05) is 48.5 Å². The number of carboxylic acid groups (broad SMARTS) is 1. The summed E-state index contributed by atoms with van der Waals surface area (Å²) in [6.07, 6.45) is 0.0623. The van der Waals surface area contributed by atoms with Gasteiger partial charge in [0.05, 0.1) is 9.75 Å². The Morgan fingerprint density at radius 2 is 1.18 bits per heavy atom. The number of phenolic OH excluding ortho intramolecular Hbond substituents is 1. The Balaban J connectivity index is 1.32. The minimum atomic E-state index is -1.32. The SMILES string of the molecule is O=C(O)CNC(=O)C(CNC(=O)C(Cc1ccc(O)cc1)NC(=O)c1cc2ccccc2s1)NC(=O)c1cc2ccccc2s1. The summed E-state index contributed by atoms with van der Waals surface area (Å²) in [6.45, 7) is -1.07. The van der Waals surface area contributed by atoms with Crippen molar-refractivity contribution in [2.45, 2.75) is 18.5 Å². The van der Waals surface area contributed by atoms with Crippen LogP contribution in [0, 0.1) is 0 Å². The van der Waals surface area contributed by atoms with E-state index in [2.05, 4.69) is 21.3 Å². The number of carbonyl (C=O) groups excluding carboxylic acids is 4. The Hall–Kier alpha value is -5.27. The van der Waals surface area contributed by atoms with Gasteiger partial charge in [0.2, 0.25) is 11.8 Å². The lowest BCUT2D eigenvalue weighted by molar-refractivity contribution is -0.138. The molecular formula is C32H28N4O7S2. The van der Waals surface area contributed by atoms with E-state index >= 15 is 0 Å². The second-order valence-electron chi connectivity index (χ2n) is 10.1. The highest BCUT2D eigenvalue weighted by atomic mass is 32.1. The third-order valence-electron chi connectivity index (χ3n) is 6.81. The number of nitrogens with one attached hydrogen (secondary N) is 4. The van der Waals surface area contributed by atoms with Gasteiger partial charge in [-0.25, -0.2) is 0 Å². The van der Waals surface area contributed by atoms with Crippen LogP contribution in [-0.2, 0) is 20.8 Å². The van der Waals surface area contributed by atoms with Crippen LogP contribution in [0.15, 0.2) is 84.9 Å². The van der Waals surface area contributed by atoms with E-state index in [0.717, 1.165) is 20.2 Å². The highest BCUT2D eigenvalue weighted by Gasteiger charge is 2.27. The molecule has 2 aromatic heterocycles. The van der Waals surface area contributed by atoms with E-state index in [0.29, 0.717) is 15.3 Å². The van der Waals surface area contributed by atoms with Crippen molar-refractivity contribution in [2.24, 2.45) is 0 Å². The van der Waals surface area contributed by atoms with Crippen molar-refractivity contribution in [1.82, 2.24) is 21.3 Å². The van der Waals surface area contributed by atoms with Crippen molar-refractivity contribution in [3.05, 3.63) is 100 Å². The van der Waals surface area contributed by atoms with Gasteiger partial charge in [0.25, 0.3) is 11.8 Å². The Morgan fingerprint density at radius 3 is 1.71 bits per heavy atom. The molecule has 0 radical (unpaired) electrons. The van der Waals surface area contributed by atoms with Crippen LogP contribution >= 0.6 is 22.7 Å². The van der Waals surface area contributed by atoms with E-state index in [1.54, 1.807) is 24.3 Å². The summed E-state index contributed by atoms with van der Waals surface area (Å²) in [4.78, 5) is 64.6. The van der Waals surface area contributed by atoms with Crippen LogP contribution in [0.4, 0.5) is 0 Å². The fourth-order valence-electron chi connectivity index (χ4n) is 4.54. The molecule has 2 unspecified atom stereocenters. The molecule has 13 heteroatoms. The number of amides is 4. The van der Waals surface area contributed by atoms with Crippen LogP contribution < -0.4 is 21.3 Å². The lowest BCUT2D eigenvalue weighted by Crippen LogP contribution is -2.56. The number of hydrogen-bond donors (Lipinski definition) is 6. The number of phenols is 1. The third-order valence-corrected chi connectivity index (χ3v) is 9.04. The molecule has 0 saturated carbocycles. The Labute approximate surface area is 264 Å². The number of aromatic hydroxyl groups is 1. The molecule has 4 amide bonds. The summed E-state index contributed by atoms with van der Waals surface area (Å²) in [7, 11) is 0. The molecule has 45 heavy (non-hydrogen) atoms. The molecule has 0 saturated heterocycles. The summed E-state index contributed by atoms with van der Waals surface area (Å²) in [5.74, 6) is -3.72. The van der Waals surface area contributed by atoms with Crippen LogP contribution in [0.3, 0.4) is 0 Å². The van der Waals surface area contributed by atoms with Crippen molar-refractivity contribution in [3.63, 3.8) is 0 Å². The third kappa shape index (κ3) is 8.02. The van der Waals surface area contributed by atoms with Gasteiger partial charge in [-0.15, -0.1) is 22.7 Å². The van der Waals surface area contributed by atoms with Gasteiger partial charge >= 0.3 is 5.97 Å². The lowest BCUT2D eigenvalue weighted by Gasteiger charge is -2.22. The molecule has 2 atom stereocenters. The van der Waals surface area contributed by atoms with Crippen LogP contribution in [0.25, 0.3) is 20.2 Å². The molecule has 11 nitrogen and oxygen atoms in total. The van der Waals surface area contributed by atoms with E-state index in [9.17, 15) is 29.1 Å². The Bertz CT molecular complexity index is 1820. The van der Waals surface area contributed by atoms with Gasteiger partial charge in [-0.3, -0.25) is 24.0 Å². The molecule has 6 N–H and O–H groups in total. The number of thiophene rings is 2. The smallest absolute Gasteiger partial charge is 0.322 e. The largest absolute Gasteiger partial charge is 0.508 e. The molecular weight excluding hydrogens is 617 g/mol. The maximum absolute atomic E-state index is 13.5. The first-order valence-corrected chi connectivity index (χ1v) is 15.4. The minimum absolute atomic E-state index is 0.0404. The predicted octanol–water partition coefficient (Wildman–Crippen LogP) is 3.28. The zero-order chi connectivity index (χ0) is 31.9. The molecule has 5 aromatic rings. The average Bonchev–Trinajstić information content (AvgIpc) is 3.67. The number of aliphatic carboxylic acids is 1. The summed E-state index contributed by atoms with van der Waals surface area (Å²) < 4.78 is 1.78. The highest BCUT2D eigenvalue weighted by Crippen LogP contribution is 2.26. The first-order valence-electron chi connectivity index (χ1n) is 13.8. The second-order valence-corrected chi connectivity index (χ2v) is 12.2. The molecule has 0 spiro atoms. The Morgan fingerprint density at radius 1 is 0.667 bits per heavy atom. The quantitative estimate of drug-likeness (QED) is 0.121. The van der Waals surface area contributed by atoms with Crippen LogP contribution in [-0.4, -0.2) is 65.0 Å². The van der Waals surface area contributed by atoms with Crippen LogP contribution in [0.5, 0.6) is 5.75 Å². The van der Waals surface area contributed by atoms with Gasteiger partial charge in [-0.2, -0.15) is 0 Å². The first kappa shape index (κ1) is 31.2. The first-order chi connectivity index (χ1) is 21.7. The van der Waals surface area contributed by atoms with Crippen molar-refractivity contribution in [1.29, 1.82) is 0 Å². The number of carbonyl (C=O) groups is 5. The molecule has 0 bridgehead atoms. The van der Waals surface area contributed by atoms with Gasteiger partial charge in [-0.05, 0) is 52.7 Å². The molecule has 2 heterocycles. The predicted molar refractivity (Wildman–Crippen MR) is 172 cm³/mol. The summed E-state index contributed by atoms with van der Waals surface area (Å²) in [5.41, 5.74) is 0.651. The zero-order valence-corrected chi connectivity index (χ0v) is 25.2. The zero-order valence-electron chi connectivity index (χ0n) is 23.6. The molecule has 0 aliphatic rings. The van der Waals surface area contributed by atoms with Gasteiger partial charge in [0, 0.05) is 22.4 Å². The topological polar surface area (TPSA) is 174 Å². The number of fused-ring (bicyclic) bond motifs is 2. The standard InChI is InChI=1S/C32H28N4O7S2/c37-21-11-9-18(10-12-21)13-22(35-31(42)26-14-19-5-1-3-7-24(19)44-26)29(40)33-16-23(30(41)34-17-28(38)39)36-32(43)27-15-20-6-2-4-8-25(20)45-27/h1-12,14-15,22-23,37H,13,16-17H2,(H,33,40)(H,34,41)(H,35,42)(H,36,43)(H,38,39). The molecule has 230 valence electrons. The van der Waals surface area contributed by atoms with Gasteiger partial charge in [0.15, 0.2) is 0 Å². The number of benzene rings is 3.